The smallest absolute Gasteiger partial charge is 0.244 e. The molecule has 1 aliphatic heterocycles. The van der Waals surface area contributed by atoms with Crippen molar-refractivity contribution in [3.05, 3.63) is 59.2 Å². The number of hydrogen-bond donors (Lipinski definition) is 0. The van der Waals surface area contributed by atoms with Crippen LogP contribution in [0.5, 0.6) is 5.75 Å². The fraction of sp³-hybridized carbons (Fsp3) is 0.429. The summed E-state index contributed by atoms with van der Waals surface area (Å²) in [5.41, 5.74) is 1.72. The summed E-state index contributed by atoms with van der Waals surface area (Å²) in [5, 5.41) is 0. The van der Waals surface area contributed by atoms with E-state index in [2.05, 4.69) is 0 Å². The van der Waals surface area contributed by atoms with Gasteiger partial charge in [0.05, 0.1) is 30.3 Å². The molecule has 0 N–H and O–H groups in total. The Labute approximate surface area is 162 Å². The van der Waals surface area contributed by atoms with Crippen molar-refractivity contribution < 1.29 is 17.9 Å². The minimum absolute atomic E-state index is 0.282. The molecule has 27 heavy (non-hydrogen) atoms. The highest BCUT2D eigenvalue weighted by molar-refractivity contribution is 7.89. The largest absolute Gasteiger partial charge is 0.497 e. The third-order valence-corrected chi connectivity index (χ3v) is 7.42. The molecule has 5 nitrogen and oxygen atoms in total. The molecule has 3 rings (SSSR count). The number of benzene rings is 2. The van der Waals surface area contributed by atoms with Crippen LogP contribution in [-0.4, -0.2) is 38.5 Å². The fourth-order valence-electron chi connectivity index (χ4n) is 3.67. The summed E-state index contributed by atoms with van der Waals surface area (Å²) in [6.45, 7) is 8.04. The van der Waals surface area contributed by atoms with E-state index in [1.165, 1.54) is 0 Å². The van der Waals surface area contributed by atoms with Crippen LogP contribution < -0.4 is 4.74 Å². The highest BCUT2D eigenvalue weighted by Crippen LogP contribution is 2.37. The van der Waals surface area contributed by atoms with Crippen molar-refractivity contribution >= 4 is 10.0 Å². The molecule has 1 aliphatic rings. The van der Waals surface area contributed by atoms with E-state index >= 15 is 0 Å². The highest BCUT2D eigenvalue weighted by Gasteiger charge is 2.44. The molecule has 0 aliphatic carbocycles. The zero-order chi connectivity index (χ0) is 19.8. The van der Waals surface area contributed by atoms with Crippen LogP contribution in [-0.2, 0) is 14.8 Å². The first-order chi connectivity index (χ1) is 12.7. The van der Waals surface area contributed by atoms with E-state index < -0.39 is 15.6 Å². The second-order valence-electron chi connectivity index (χ2n) is 7.65. The third kappa shape index (κ3) is 3.74. The molecule has 2 aromatic rings. The van der Waals surface area contributed by atoms with E-state index in [0.29, 0.717) is 28.4 Å². The van der Waals surface area contributed by atoms with Gasteiger partial charge in [-0.3, -0.25) is 0 Å². The quantitative estimate of drug-likeness (QED) is 0.797. The van der Waals surface area contributed by atoms with Crippen LogP contribution in [0, 0.1) is 13.8 Å². The molecule has 1 unspecified atom stereocenters. The molecule has 0 aromatic heterocycles. The van der Waals surface area contributed by atoms with Gasteiger partial charge < -0.3 is 9.47 Å². The molecule has 1 saturated heterocycles. The second kappa shape index (κ2) is 7.26. The maximum atomic E-state index is 13.7. The van der Waals surface area contributed by atoms with Gasteiger partial charge in [0.25, 0.3) is 0 Å². The van der Waals surface area contributed by atoms with Gasteiger partial charge in [-0.05, 0) is 56.5 Å². The van der Waals surface area contributed by atoms with Gasteiger partial charge in [0, 0.05) is 6.54 Å². The molecule has 1 heterocycles. The molecule has 146 valence electrons. The third-order valence-electron chi connectivity index (χ3n) is 5.03. The number of morpholine rings is 1. The molecule has 1 atom stereocenters. The van der Waals surface area contributed by atoms with Gasteiger partial charge in [-0.2, -0.15) is 4.31 Å². The first kappa shape index (κ1) is 19.9. The number of aryl methyl sites for hydroxylation is 2. The Balaban J connectivity index is 2.03. The van der Waals surface area contributed by atoms with E-state index in [0.717, 1.165) is 5.56 Å². The van der Waals surface area contributed by atoms with Crippen LogP contribution in [0.2, 0.25) is 0 Å². The van der Waals surface area contributed by atoms with Gasteiger partial charge in [-0.15, -0.1) is 0 Å². The standard InChI is InChI=1S/C21H27NO4S/c1-15-11-18(25-5)12-16(2)20(15)27(23,24)22-13-19(26-14-21(22,3)4)17-9-7-6-8-10-17/h6-12,19H,13-14H2,1-5H3. The minimum atomic E-state index is -3.70. The monoisotopic (exact) mass is 389 g/mol. The Bertz CT molecular complexity index is 899. The number of ether oxygens (including phenoxy) is 2. The number of methoxy groups -OCH3 is 1. The van der Waals surface area contributed by atoms with Gasteiger partial charge in [0.15, 0.2) is 0 Å². The molecular weight excluding hydrogens is 362 g/mol. The van der Waals surface area contributed by atoms with Crippen molar-refractivity contribution in [3.63, 3.8) is 0 Å². The molecular formula is C21H27NO4S. The predicted molar refractivity (Wildman–Crippen MR) is 106 cm³/mol. The molecule has 6 heteroatoms. The summed E-state index contributed by atoms with van der Waals surface area (Å²) in [5.74, 6) is 0.660. The van der Waals surface area contributed by atoms with Crippen molar-refractivity contribution in [2.75, 3.05) is 20.3 Å². The van der Waals surface area contributed by atoms with Crippen molar-refractivity contribution in [1.82, 2.24) is 4.31 Å². The van der Waals surface area contributed by atoms with E-state index in [1.807, 2.05) is 58.0 Å². The van der Waals surface area contributed by atoms with Crippen molar-refractivity contribution in [2.45, 2.75) is 44.2 Å². The lowest BCUT2D eigenvalue weighted by Gasteiger charge is -2.44. The van der Waals surface area contributed by atoms with Crippen molar-refractivity contribution in [2.24, 2.45) is 0 Å². The Kier molecular flexibility index (Phi) is 5.34. The first-order valence-electron chi connectivity index (χ1n) is 9.01. The Morgan fingerprint density at radius 2 is 1.70 bits per heavy atom. The lowest BCUT2D eigenvalue weighted by molar-refractivity contribution is -0.0655. The Hall–Kier alpha value is -1.89. The molecule has 0 spiro atoms. The first-order valence-corrected chi connectivity index (χ1v) is 10.5. The fourth-order valence-corrected chi connectivity index (χ4v) is 5.85. The van der Waals surface area contributed by atoms with Gasteiger partial charge >= 0.3 is 0 Å². The maximum absolute atomic E-state index is 13.7. The minimum Gasteiger partial charge on any atom is -0.497 e. The van der Waals surface area contributed by atoms with Gasteiger partial charge in [-0.25, -0.2) is 8.42 Å². The topological polar surface area (TPSA) is 55.8 Å². The van der Waals surface area contributed by atoms with Gasteiger partial charge in [-0.1, -0.05) is 30.3 Å². The zero-order valence-corrected chi connectivity index (χ0v) is 17.3. The molecule has 0 bridgehead atoms. The lowest BCUT2D eigenvalue weighted by atomic mass is 10.0. The van der Waals surface area contributed by atoms with Gasteiger partial charge in [0.2, 0.25) is 10.0 Å². The van der Waals surface area contributed by atoms with Crippen molar-refractivity contribution in [1.29, 1.82) is 0 Å². The normalized spacial score (nSPS) is 20.4. The number of sulfonamides is 1. The SMILES string of the molecule is COc1cc(C)c(S(=O)(=O)N2CC(c3ccccc3)OCC2(C)C)c(C)c1. The van der Waals surface area contributed by atoms with E-state index in [1.54, 1.807) is 23.5 Å². The van der Waals surface area contributed by atoms with Crippen LogP contribution >= 0.6 is 0 Å². The summed E-state index contributed by atoms with van der Waals surface area (Å²) < 4.78 is 40.2. The van der Waals surface area contributed by atoms with E-state index in [-0.39, 0.29) is 12.6 Å². The predicted octanol–water partition coefficient (Wildman–Crippen LogP) is 3.85. The number of hydrogen-bond acceptors (Lipinski definition) is 4. The number of rotatable bonds is 4. The summed E-state index contributed by atoms with van der Waals surface area (Å²) >= 11 is 0. The van der Waals surface area contributed by atoms with Crippen LogP contribution in [0.15, 0.2) is 47.4 Å². The second-order valence-corrected chi connectivity index (χ2v) is 9.45. The Morgan fingerprint density at radius 3 is 2.26 bits per heavy atom. The zero-order valence-electron chi connectivity index (χ0n) is 16.5. The lowest BCUT2D eigenvalue weighted by Crippen LogP contribution is -2.56. The summed E-state index contributed by atoms with van der Waals surface area (Å²) in [6, 6.07) is 13.3. The van der Waals surface area contributed by atoms with Crippen LogP contribution in [0.3, 0.4) is 0 Å². The molecule has 0 radical (unpaired) electrons. The molecule has 0 amide bonds. The summed E-state index contributed by atoms with van der Waals surface area (Å²) in [6.07, 6.45) is -0.284. The summed E-state index contributed by atoms with van der Waals surface area (Å²) in [4.78, 5) is 0.352. The molecule has 2 aromatic carbocycles. The molecule has 1 fully saturated rings. The van der Waals surface area contributed by atoms with Gasteiger partial charge in [0.1, 0.15) is 5.75 Å². The van der Waals surface area contributed by atoms with Crippen LogP contribution in [0.25, 0.3) is 0 Å². The number of nitrogens with zero attached hydrogens (tertiary/aromatic N) is 1. The average Bonchev–Trinajstić information content (AvgIpc) is 2.61. The van der Waals surface area contributed by atoms with Crippen LogP contribution in [0.4, 0.5) is 0 Å². The van der Waals surface area contributed by atoms with Crippen molar-refractivity contribution in [3.8, 4) is 5.75 Å². The summed E-state index contributed by atoms with van der Waals surface area (Å²) in [7, 11) is -2.12. The van der Waals surface area contributed by atoms with E-state index in [4.69, 9.17) is 9.47 Å². The highest BCUT2D eigenvalue weighted by atomic mass is 32.2. The average molecular weight is 390 g/mol. The van der Waals surface area contributed by atoms with E-state index in [9.17, 15) is 8.42 Å². The van der Waals surface area contributed by atoms with Crippen LogP contribution in [0.1, 0.15) is 36.6 Å². The maximum Gasteiger partial charge on any atom is 0.244 e. The molecule has 0 saturated carbocycles. The Morgan fingerprint density at radius 1 is 1.11 bits per heavy atom.